The third-order valence-electron chi connectivity index (χ3n) is 4.60. The highest BCUT2D eigenvalue weighted by molar-refractivity contribution is 14.1. The molecule has 0 radical (unpaired) electrons. The van der Waals surface area contributed by atoms with Crippen LogP contribution in [-0.4, -0.2) is 36.6 Å². The molecule has 2 rings (SSSR count). The monoisotopic (exact) mass is 448 g/mol. The molecule has 1 aromatic carbocycles. The molecule has 1 fully saturated rings. The molecule has 1 aliphatic carbocycles. The Bertz CT molecular complexity index is 544. The minimum absolute atomic E-state index is 0.0308. The summed E-state index contributed by atoms with van der Waals surface area (Å²) in [5.74, 6) is 2.52. The molecule has 2 unspecified atom stereocenters. The van der Waals surface area contributed by atoms with Crippen LogP contribution in [0.25, 0.3) is 0 Å². The Morgan fingerprint density at radius 3 is 2.29 bits per heavy atom. The number of aliphatic hydroxyl groups excluding tert-OH is 2. The Kier molecular flexibility index (Phi) is 7.19. The van der Waals surface area contributed by atoms with Crippen molar-refractivity contribution in [3.05, 3.63) is 21.3 Å². The van der Waals surface area contributed by atoms with Crippen LogP contribution >= 0.6 is 22.6 Å². The van der Waals surface area contributed by atoms with Crippen molar-refractivity contribution < 1.29 is 19.7 Å². The van der Waals surface area contributed by atoms with Crippen LogP contribution in [0.4, 0.5) is 0 Å². The van der Waals surface area contributed by atoms with Crippen molar-refractivity contribution in [3.63, 3.8) is 0 Å². The molecule has 2 N–H and O–H groups in total. The highest BCUT2D eigenvalue weighted by atomic mass is 127. The Morgan fingerprint density at radius 1 is 1.08 bits per heavy atom. The van der Waals surface area contributed by atoms with Crippen molar-refractivity contribution in [2.75, 3.05) is 26.4 Å². The molecule has 4 nitrogen and oxygen atoms in total. The van der Waals surface area contributed by atoms with E-state index in [-0.39, 0.29) is 26.4 Å². The van der Waals surface area contributed by atoms with E-state index < -0.39 is 0 Å². The minimum atomic E-state index is -0.0345. The summed E-state index contributed by atoms with van der Waals surface area (Å²) in [6, 6.07) is 4.19. The minimum Gasteiger partial charge on any atom is -0.487 e. The third kappa shape index (κ3) is 4.99. The van der Waals surface area contributed by atoms with Crippen LogP contribution in [0.15, 0.2) is 12.1 Å². The molecular weight excluding hydrogens is 419 g/mol. The van der Waals surface area contributed by atoms with E-state index in [1.54, 1.807) is 0 Å². The van der Waals surface area contributed by atoms with Crippen molar-refractivity contribution in [3.8, 4) is 11.5 Å². The van der Waals surface area contributed by atoms with Gasteiger partial charge in [0, 0.05) is 5.56 Å². The van der Waals surface area contributed by atoms with Crippen LogP contribution < -0.4 is 9.47 Å². The summed E-state index contributed by atoms with van der Waals surface area (Å²) in [5, 5.41) is 18.3. The predicted octanol–water partition coefficient (Wildman–Crippen LogP) is 3.96. The molecule has 136 valence electrons. The maximum absolute atomic E-state index is 9.18. The average Bonchev–Trinajstić information content (AvgIpc) is 2.50. The second-order valence-electron chi connectivity index (χ2n) is 7.55. The maximum atomic E-state index is 9.18. The molecule has 5 heteroatoms. The van der Waals surface area contributed by atoms with E-state index in [2.05, 4.69) is 55.5 Å². The van der Waals surface area contributed by atoms with Crippen LogP contribution in [0.2, 0.25) is 0 Å². The van der Waals surface area contributed by atoms with Gasteiger partial charge in [-0.05, 0) is 65.2 Å². The quantitative estimate of drug-likeness (QED) is 0.620. The number of aliphatic hydroxyl groups is 2. The van der Waals surface area contributed by atoms with Gasteiger partial charge in [-0.1, -0.05) is 26.8 Å². The van der Waals surface area contributed by atoms with E-state index in [1.165, 1.54) is 6.42 Å². The molecule has 0 spiro atoms. The first-order valence-corrected chi connectivity index (χ1v) is 9.75. The van der Waals surface area contributed by atoms with E-state index in [1.807, 2.05) is 0 Å². The summed E-state index contributed by atoms with van der Waals surface area (Å²) in [5.41, 5.74) is 1.47. The molecule has 1 aromatic rings. The first-order chi connectivity index (χ1) is 11.4. The van der Waals surface area contributed by atoms with Gasteiger partial charge in [0.2, 0.25) is 0 Å². The van der Waals surface area contributed by atoms with Gasteiger partial charge in [-0.15, -0.1) is 0 Å². The zero-order valence-corrected chi connectivity index (χ0v) is 17.0. The lowest BCUT2D eigenvalue weighted by atomic mass is 9.66. The van der Waals surface area contributed by atoms with Crippen molar-refractivity contribution in [1.82, 2.24) is 0 Å². The van der Waals surface area contributed by atoms with Crippen LogP contribution in [0.1, 0.15) is 51.5 Å². The smallest absolute Gasteiger partial charge is 0.174 e. The van der Waals surface area contributed by atoms with Crippen LogP contribution in [0.5, 0.6) is 11.5 Å². The number of hydrogen-bond acceptors (Lipinski definition) is 4. The molecule has 1 saturated carbocycles. The fourth-order valence-corrected chi connectivity index (χ4v) is 4.62. The van der Waals surface area contributed by atoms with Crippen molar-refractivity contribution >= 4 is 22.6 Å². The Hall–Kier alpha value is -0.530. The highest BCUT2D eigenvalue weighted by Gasteiger charge is 2.35. The molecule has 0 aliphatic heterocycles. The van der Waals surface area contributed by atoms with Crippen LogP contribution in [0.3, 0.4) is 0 Å². The normalized spacial score (nSPS) is 23.1. The fraction of sp³-hybridized carbons (Fsp3) is 0.684. The van der Waals surface area contributed by atoms with Gasteiger partial charge in [-0.2, -0.15) is 0 Å². The lowest BCUT2D eigenvalue weighted by Gasteiger charge is -2.39. The van der Waals surface area contributed by atoms with Gasteiger partial charge in [0.1, 0.15) is 13.2 Å². The molecule has 24 heavy (non-hydrogen) atoms. The first kappa shape index (κ1) is 19.8. The van der Waals surface area contributed by atoms with E-state index >= 15 is 0 Å². The molecule has 0 heterocycles. The Labute approximate surface area is 158 Å². The van der Waals surface area contributed by atoms with Gasteiger partial charge in [-0.25, -0.2) is 0 Å². The summed E-state index contributed by atoms with van der Waals surface area (Å²) in [6.07, 6.45) is 3.50. The van der Waals surface area contributed by atoms with Crippen molar-refractivity contribution in [1.29, 1.82) is 0 Å². The molecule has 2 atom stereocenters. The Balaban J connectivity index is 2.40. The Morgan fingerprint density at radius 2 is 1.71 bits per heavy atom. The summed E-state index contributed by atoms with van der Waals surface area (Å²) < 4.78 is 12.6. The largest absolute Gasteiger partial charge is 0.487 e. The van der Waals surface area contributed by atoms with Crippen LogP contribution in [0, 0.1) is 14.9 Å². The predicted molar refractivity (Wildman–Crippen MR) is 104 cm³/mol. The van der Waals surface area contributed by atoms with E-state index in [0.29, 0.717) is 23.0 Å². The summed E-state index contributed by atoms with van der Waals surface area (Å²) in [7, 11) is 0. The van der Waals surface area contributed by atoms with Gasteiger partial charge in [0.15, 0.2) is 11.5 Å². The van der Waals surface area contributed by atoms with E-state index in [9.17, 15) is 5.11 Å². The van der Waals surface area contributed by atoms with Gasteiger partial charge in [-0.3, -0.25) is 0 Å². The highest BCUT2D eigenvalue weighted by Crippen LogP contribution is 2.50. The molecule has 0 saturated heterocycles. The third-order valence-corrected chi connectivity index (χ3v) is 5.45. The van der Waals surface area contributed by atoms with Gasteiger partial charge in [0.05, 0.1) is 16.8 Å². The standard InChI is InChI=1S/C19H29IO4/c1-13-10-14(12-19(2,3)11-13)15-4-5-16(20)18(24-9-7-22)17(15)23-8-6-21/h4-5,13-14,21-22H,6-12H2,1-3H3. The second kappa shape index (κ2) is 8.72. The van der Waals surface area contributed by atoms with Gasteiger partial charge >= 0.3 is 0 Å². The maximum Gasteiger partial charge on any atom is 0.174 e. The lowest BCUT2D eigenvalue weighted by Crippen LogP contribution is -2.27. The molecule has 0 bridgehead atoms. The van der Waals surface area contributed by atoms with Gasteiger partial charge < -0.3 is 19.7 Å². The van der Waals surface area contributed by atoms with E-state index in [0.717, 1.165) is 27.7 Å². The number of hydrogen-bond donors (Lipinski definition) is 2. The molecule has 0 aromatic heterocycles. The zero-order chi connectivity index (χ0) is 17.7. The van der Waals surface area contributed by atoms with Crippen LogP contribution in [-0.2, 0) is 0 Å². The zero-order valence-electron chi connectivity index (χ0n) is 14.8. The summed E-state index contributed by atoms with van der Waals surface area (Å²) in [6.45, 7) is 7.40. The topological polar surface area (TPSA) is 58.9 Å². The summed E-state index contributed by atoms with van der Waals surface area (Å²) >= 11 is 2.23. The first-order valence-electron chi connectivity index (χ1n) is 8.67. The van der Waals surface area contributed by atoms with Gasteiger partial charge in [0.25, 0.3) is 0 Å². The second-order valence-corrected chi connectivity index (χ2v) is 8.71. The van der Waals surface area contributed by atoms with Crippen molar-refractivity contribution in [2.24, 2.45) is 11.3 Å². The SMILES string of the molecule is CC1CC(c2ccc(I)c(OCCO)c2OCCO)CC(C)(C)C1. The number of rotatable bonds is 7. The molecular formula is C19H29IO4. The summed E-state index contributed by atoms with van der Waals surface area (Å²) in [4.78, 5) is 0. The lowest BCUT2D eigenvalue weighted by molar-refractivity contribution is 0.158. The average molecular weight is 448 g/mol. The van der Waals surface area contributed by atoms with E-state index in [4.69, 9.17) is 14.6 Å². The molecule has 0 amide bonds. The number of halogens is 1. The fourth-order valence-electron chi connectivity index (χ4n) is 4.04. The number of ether oxygens (including phenoxy) is 2. The number of benzene rings is 1. The molecule has 1 aliphatic rings. The van der Waals surface area contributed by atoms with Crippen molar-refractivity contribution in [2.45, 2.75) is 46.0 Å².